The van der Waals surface area contributed by atoms with Crippen LogP contribution < -0.4 is 5.63 Å². The average Bonchev–Trinajstić information content (AvgIpc) is 2.34. The molecule has 1 heterocycles. The van der Waals surface area contributed by atoms with Crippen LogP contribution in [0.2, 0.25) is 0 Å². The Balaban J connectivity index is 2.31. The van der Waals surface area contributed by atoms with Gasteiger partial charge in [0.2, 0.25) is 11.8 Å². The Kier molecular flexibility index (Phi) is 3.05. The van der Waals surface area contributed by atoms with Crippen LogP contribution in [0.4, 0.5) is 0 Å². The summed E-state index contributed by atoms with van der Waals surface area (Å²) in [6.07, 6.45) is 3.29. The fourth-order valence-corrected chi connectivity index (χ4v) is 1.28. The Morgan fingerprint density at radius 1 is 1.24 bits per heavy atom. The highest BCUT2D eigenvalue weighted by molar-refractivity contribution is 5.65. The molecule has 0 aliphatic heterocycles. The number of nitrogens with zero attached hydrogens (tertiary/aromatic N) is 1. The third kappa shape index (κ3) is 2.60. The lowest BCUT2D eigenvalue weighted by molar-refractivity contribution is 0.402. The first-order valence-electron chi connectivity index (χ1n) is 5.10. The summed E-state index contributed by atoms with van der Waals surface area (Å²) in [6, 6.07) is 9.52. The number of rotatable bonds is 2. The first-order chi connectivity index (χ1) is 8.16. The predicted octanol–water partition coefficient (Wildman–Crippen LogP) is 2.22. The van der Waals surface area contributed by atoms with Gasteiger partial charge in [-0.3, -0.25) is 0 Å². The fourth-order valence-electron chi connectivity index (χ4n) is 1.28. The molecule has 2 rings (SSSR count). The second kappa shape index (κ2) is 4.65. The molecule has 0 fully saturated rings. The largest absolute Gasteiger partial charge is 0.493 e. The van der Waals surface area contributed by atoms with Gasteiger partial charge in [-0.15, -0.1) is 0 Å². The highest BCUT2D eigenvalue weighted by Gasteiger charge is 2.05. The summed E-state index contributed by atoms with van der Waals surface area (Å²) in [6.45, 7) is 1.46. The van der Waals surface area contributed by atoms with Gasteiger partial charge in [-0.2, -0.15) is 4.98 Å². The topological polar surface area (TPSA) is 63.3 Å². The maximum Gasteiger partial charge on any atom is 0.345 e. The molecule has 0 saturated carbocycles. The van der Waals surface area contributed by atoms with E-state index in [1.54, 1.807) is 6.08 Å². The Hall–Kier alpha value is -2.36. The van der Waals surface area contributed by atoms with Gasteiger partial charge in [0.15, 0.2) is 0 Å². The summed E-state index contributed by atoms with van der Waals surface area (Å²) >= 11 is 0. The van der Waals surface area contributed by atoms with Crippen LogP contribution in [0.5, 0.6) is 5.88 Å². The van der Waals surface area contributed by atoms with Crippen molar-refractivity contribution in [3.63, 3.8) is 0 Å². The van der Waals surface area contributed by atoms with Crippen LogP contribution in [0.25, 0.3) is 12.2 Å². The first kappa shape index (κ1) is 11.1. The van der Waals surface area contributed by atoms with Gasteiger partial charge in [-0.1, -0.05) is 30.3 Å². The van der Waals surface area contributed by atoms with Gasteiger partial charge in [0.1, 0.15) is 0 Å². The van der Waals surface area contributed by atoms with Crippen LogP contribution in [0, 0.1) is 6.92 Å². The SMILES string of the molecule is Cc1c(O)nc(C=Cc2ccccc2)oc1=O. The van der Waals surface area contributed by atoms with Crippen molar-refractivity contribution in [1.82, 2.24) is 4.98 Å². The minimum absolute atomic E-state index is 0.0851. The van der Waals surface area contributed by atoms with Gasteiger partial charge in [0.05, 0.1) is 5.56 Å². The molecule has 0 unspecified atom stereocenters. The molecule has 0 amide bonds. The zero-order valence-corrected chi connectivity index (χ0v) is 9.25. The lowest BCUT2D eigenvalue weighted by Crippen LogP contribution is -2.05. The van der Waals surface area contributed by atoms with Crippen LogP contribution in [0.15, 0.2) is 39.5 Å². The van der Waals surface area contributed by atoms with E-state index in [9.17, 15) is 9.90 Å². The fraction of sp³-hybridized carbons (Fsp3) is 0.0769. The standard InChI is InChI=1S/C13H11NO3/c1-9-12(15)14-11(17-13(9)16)8-7-10-5-3-2-4-6-10/h2-8,15H,1H3. The molecule has 4 heteroatoms. The highest BCUT2D eigenvalue weighted by Crippen LogP contribution is 2.10. The molecule has 17 heavy (non-hydrogen) atoms. The molecule has 0 atom stereocenters. The predicted molar refractivity (Wildman–Crippen MR) is 64.5 cm³/mol. The smallest absolute Gasteiger partial charge is 0.345 e. The summed E-state index contributed by atoms with van der Waals surface area (Å²) < 4.78 is 4.90. The van der Waals surface area contributed by atoms with Gasteiger partial charge in [0.25, 0.3) is 0 Å². The van der Waals surface area contributed by atoms with Crippen LogP contribution in [-0.2, 0) is 0 Å². The number of aromatic hydroxyl groups is 1. The summed E-state index contributed by atoms with van der Waals surface area (Å²) in [5.41, 5.74) is 0.490. The molecule has 4 nitrogen and oxygen atoms in total. The number of hydrogen-bond acceptors (Lipinski definition) is 4. The van der Waals surface area contributed by atoms with E-state index >= 15 is 0 Å². The molecule has 0 aliphatic rings. The van der Waals surface area contributed by atoms with Gasteiger partial charge in [-0.25, -0.2) is 4.79 Å². The Bertz CT molecular complexity index is 600. The van der Waals surface area contributed by atoms with Crippen molar-refractivity contribution in [2.45, 2.75) is 6.92 Å². The Morgan fingerprint density at radius 3 is 2.59 bits per heavy atom. The molecule has 1 aromatic heterocycles. The maximum atomic E-state index is 11.3. The maximum absolute atomic E-state index is 11.3. The normalized spacial score (nSPS) is 10.9. The van der Waals surface area contributed by atoms with Gasteiger partial charge < -0.3 is 9.52 Å². The molecule has 1 N–H and O–H groups in total. The average molecular weight is 229 g/mol. The van der Waals surface area contributed by atoms with Crippen molar-refractivity contribution in [2.75, 3.05) is 0 Å². The molecule has 0 saturated heterocycles. The summed E-state index contributed by atoms with van der Waals surface area (Å²) in [5.74, 6) is -0.212. The molecule has 0 spiro atoms. The highest BCUT2D eigenvalue weighted by atomic mass is 16.4. The number of benzene rings is 1. The molecule has 86 valence electrons. The van der Waals surface area contributed by atoms with Gasteiger partial charge >= 0.3 is 5.63 Å². The third-order valence-electron chi connectivity index (χ3n) is 2.27. The summed E-state index contributed by atoms with van der Waals surface area (Å²) in [5, 5.41) is 9.37. The first-order valence-corrected chi connectivity index (χ1v) is 5.10. The van der Waals surface area contributed by atoms with E-state index in [0.29, 0.717) is 0 Å². The van der Waals surface area contributed by atoms with E-state index in [1.165, 1.54) is 13.0 Å². The molecule has 2 aromatic rings. The van der Waals surface area contributed by atoms with E-state index < -0.39 is 5.63 Å². The van der Waals surface area contributed by atoms with Crippen LogP contribution in [0.3, 0.4) is 0 Å². The van der Waals surface area contributed by atoms with Crippen molar-refractivity contribution in [3.8, 4) is 5.88 Å². The molecule has 0 aliphatic carbocycles. The molecule has 0 bridgehead atoms. The molecule has 0 radical (unpaired) electrons. The van der Waals surface area contributed by atoms with Crippen molar-refractivity contribution in [2.24, 2.45) is 0 Å². The molecular formula is C13H11NO3. The van der Waals surface area contributed by atoms with Crippen LogP contribution in [0.1, 0.15) is 17.0 Å². The van der Waals surface area contributed by atoms with Gasteiger partial charge in [0, 0.05) is 6.08 Å². The van der Waals surface area contributed by atoms with Crippen molar-refractivity contribution >= 4 is 12.2 Å². The Morgan fingerprint density at radius 2 is 1.94 bits per heavy atom. The number of aromatic nitrogens is 1. The summed E-state index contributed by atoms with van der Waals surface area (Å²) in [4.78, 5) is 15.0. The third-order valence-corrected chi connectivity index (χ3v) is 2.27. The van der Waals surface area contributed by atoms with Crippen LogP contribution in [-0.4, -0.2) is 10.1 Å². The zero-order chi connectivity index (χ0) is 12.3. The lowest BCUT2D eigenvalue weighted by Gasteiger charge is -1.96. The minimum atomic E-state index is -0.579. The molecule has 1 aromatic carbocycles. The van der Waals surface area contributed by atoms with Crippen molar-refractivity contribution in [3.05, 3.63) is 57.8 Å². The van der Waals surface area contributed by atoms with Crippen molar-refractivity contribution in [1.29, 1.82) is 0 Å². The minimum Gasteiger partial charge on any atom is -0.493 e. The second-order valence-electron chi connectivity index (χ2n) is 3.53. The second-order valence-corrected chi connectivity index (χ2v) is 3.53. The van der Waals surface area contributed by atoms with E-state index in [-0.39, 0.29) is 17.3 Å². The van der Waals surface area contributed by atoms with E-state index in [0.717, 1.165) is 5.56 Å². The quantitative estimate of drug-likeness (QED) is 0.857. The number of hydrogen-bond donors (Lipinski definition) is 1. The zero-order valence-electron chi connectivity index (χ0n) is 9.25. The van der Waals surface area contributed by atoms with E-state index in [2.05, 4.69) is 4.98 Å². The molecular weight excluding hydrogens is 218 g/mol. The summed E-state index contributed by atoms with van der Waals surface area (Å²) in [7, 11) is 0. The monoisotopic (exact) mass is 229 g/mol. The Labute approximate surface area is 97.9 Å². The lowest BCUT2D eigenvalue weighted by atomic mass is 10.2. The van der Waals surface area contributed by atoms with E-state index in [4.69, 9.17) is 4.42 Å². The van der Waals surface area contributed by atoms with Crippen molar-refractivity contribution < 1.29 is 9.52 Å². The van der Waals surface area contributed by atoms with Gasteiger partial charge in [-0.05, 0) is 18.6 Å². The van der Waals surface area contributed by atoms with Crippen LogP contribution >= 0.6 is 0 Å². The van der Waals surface area contributed by atoms with E-state index in [1.807, 2.05) is 30.3 Å².